The van der Waals surface area contributed by atoms with Crippen LogP contribution in [0.2, 0.25) is 0 Å². The van der Waals surface area contributed by atoms with Crippen LogP contribution in [0.5, 0.6) is 11.5 Å². The molecule has 0 aliphatic carbocycles. The van der Waals surface area contributed by atoms with E-state index in [1.165, 1.54) is 0 Å². The van der Waals surface area contributed by atoms with Crippen molar-refractivity contribution in [1.82, 2.24) is 10.2 Å². The summed E-state index contributed by atoms with van der Waals surface area (Å²) in [5.74, 6) is 0.934. The minimum absolute atomic E-state index is 0.153. The molecule has 194 valence electrons. The molecular formula is C26H46N4O4. The third-order valence-corrected chi connectivity index (χ3v) is 5.98. The Balaban J connectivity index is 2.40. The molecule has 0 bridgehead atoms. The van der Waals surface area contributed by atoms with Crippen molar-refractivity contribution in [2.75, 3.05) is 32.8 Å². The smallest absolute Gasteiger partial charge is 0.311 e. The van der Waals surface area contributed by atoms with Crippen LogP contribution in [0.3, 0.4) is 0 Å². The highest BCUT2D eigenvalue weighted by atomic mass is 16.5. The van der Waals surface area contributed by atoms with E-state index in [4.69, 9.17) is 20.9 Å². The number of rotatable bonds is 17. The van der Waals surface area contributed by atoms with Crippen molar-refractivity contribution in [2.24, 2.45) is 11.5 Å². The first-order valence-electron chi connectivity index (χ1n) is 12.7. The Hall–Kier alpha value is -2.16. The molecule has 5 N–H and O–H groups in total. The number of aryl methyl sites for hydroxylation is 2. The second-order valence-corrected chi connectivity index (χ2v) is 8.88. The highest BCUT2D eigenvalue weighted by molar-refractivity contribution is 5.81. The van der Waals surface area contributed by atoms with Crippen LogP contribution in [0.25, 0.3) is 0 Å². The number of carbonyl (C=O) groups excluding carboxylic acids is 2. The maximum absolute atomic E-state index is 12.3. The van der Waals surface area contributed by atoms with Crippen molar-refractivity contribution in [3.63, 3.8) is 0 Å². The van der Waals surface area contributed by atoms with Crippen LogP contribution in [0, 0.1) is 13.8 Å². The van der Waals surface area contributed by atoms with Crippen molar-refractivity contribution < 1.29 is 19.1 Å². The van der Waals surface area contributed by atoms with Gasteiger partial charge in [0.25, 0.3) is 0 Å². The normalized spacial score (nSPS) is 12.9. The number of carbonyl (C=O) groups is 2. The molecule has 8 nitrogen and oxygen atoms in total. The molecule has 0 aromatic heterocycles. The summed E-state index contributed by atoms with van der Waals surface area (Å²) in [6.07, 6.45) is 3.95. The van der Waals surface area contributed by atoms with Gasteiger partial charge < -0.3 is 26.3 Å². The number of hydrogen-bond donors (Lipinski definition) is 3. The fourth-order valence-corrected chi connectivity index (χ4v) is 3.91. The van der Waals surface area contributed by atoms with Gasteiger partial charge in [0.15, 0.2) is 0 Å². The van der Waals surface area contributed by atoms with Crippen LogP contribution in [-0.2, 0) is 9.59 Å². The number of amides is 1. The SMILES string of the molecule is CCN(CC)C(C)COc1c(C)cc(OC(=O)CCCCNC(=O)C(N)CCCCN)cc1C. The van der Waals surface area contributed by atoms with E-state index in [0.29, 0.717) is 50.8 Å². The van der Waals surface area contributed by atoms with Gasteiger partial charge in [0.2, 0.25) is 5.91 Å². The molecule has 0 aliphatic heterocycles. The summed E-state index contributed by atoms with van der Waals surface area (Å²) in [5, 5.41) is 2.82. The molecule has 0 saturated heterocycles. The Kier molecular flexibility index (Phi) is 14.5. The number of esters is 1. The number of likely N-dealkylation sites (N-methyl/N-ethyl adjacent to an activating group) is 1. The maximum atomic E-state index is 12.3. The summed E-state index contributed by atoms with van der Waals surface area (Å²) >= 11 is 0. The number of unbranched alkanes of at least 4 members (excludes halogenated alkanes) is 2. The van der Waals surface area contributed by atoms with Crippen LogP contribution < -0.4 is 26.3 Å². The summed E-state index contributed by atoms with van der Waals surface area (Å²) < 4.78 is 11.6. The van der Waals surface area contributed by atoms with Crippen molar-refractivity contribution in [3.8, 4) is 11.5 Å². The third-order valence-electron chi connectivity index (χ3n) is 5.98. The molecule has 1 aromatic carbocycles. The van der Waals surface area contributed by atoms with Gasteiger partial charge in [-0.3, -0.25) is 14.5 Å². The third kappa shape index (κ3) is 10.8. The van der Waals surface area contributed by atoms with Gasteiger partial charge in [-0.2, -0.15) is 0 Å². The fourth-order valence-electron chi connectivity index (χ4n) is 3.91. The van der Waals surface area contributed by atoms with Crippen molar-refractivity contribution in [1.29, 1.82) is 0 Å². The summed E-state index contributed by atoms with van der Waals surface area (Å²) in [6, 6.07) is 3.50. The molecule has 0 saturated carbocycles. The Labute approximate surface area is 205 Å². The fraction of sp³-hybridized carbons (Fsp3) is 0.692. The van der Waals surface area contributed by atoms with E-state index in [1.807, 2.05) is 26.0 Å². The van der Waals surface area contributed by atoms with Gasteiger partial charge >= 0.3 is 5.97 Å². The summed E-state index contributed by atoms with van der Waals surface area (Å²) in [5.41, 5.74) is 13.2. The van der Waals surface area contributed by atoms with Crippen LogP contribution in [-0.4, -0.2) is 61.6 Å². The lowest BCUT2D eigenvalue weighted by Gasteiger charge is -2.27. The van der Waals surface area contributed by atoms with Gasteiger partial charge in [-0.1, -0.05) is 20.3 Å². The highest BCUT2D eigenvalue weighted by Crippen LogP contribution is 2.29. The zero-order valence-electron chi connectivity index (χ0n) is 21.8. The second kappa shape index (κ2) is 16.5. The molecule has 2 atom stereocenters. The van der Waals surface area contributed by atoms with E-state index in [1.54, 1.807) is 0 Å². The molecule has 8 heteroatoms. The van der Waals surface area contributed by atoms with Gasteiger partial charge in [-0.15, -0.1) is 0 Å². The van der Waals surface area contributed by atoms with Crippen LogP contribution in [0.1, 0.15) is 70.4 Å². The van der Waals surface area contributed by atoms with Crippen LogP contribution in [0.4, 0.5) is 0 Å². The average Bonchev–Trinajstić information content (AvgIpc) is 2.79. The van der Waals surface area contributed by atoms with E-state index >= 15 is 0 Å². The van der Waals surface area contributed by atoms with Gasteiger partial charge in [-0.05, 0) is 89.3 Å². The number of nitrogens with two attached hydrogens (primary N) is 2. The van der Waals surface area contributed by atoms with E-state index in [0.717, 1.165) is 42.8 Å². The average molecular weight is 479 g/mol. The van der Waals surface area contributed by atoms with Crippen molar-refractivity contribution in [3.05, 3.63) is 23.3 Å². The van der Waals surface area contributed by atoms with Gasteiger partial charge in [0, 0.05) is 19.0 Å². The molecular weight excluding hydrogens is 432 g/mol. The molecule has 0 spiro atoms. The first-order valence-corrected chi connectivity index (χ1v) is 12.7. The highest BCUT2D eigenvalue weighted by Gasteiger charge is 2.15. The Morgan fingerprint density at radius 1 is 1.06 bits per heavy atom. The predicted molar refractivity (Wildman–Crippen MR) is 137 cm³/mol. The lowest BCUT2D eigenvalue weighted by Crippen LogP contribution is -2.40. The van der Waals surface area contributed by atoms with E-state index in [2.05, 4.69) is 31.0 Å². The molecule has 1 aromatic rings. The molecule has 0 radical (unpaired) electrons. The van der Waals surface area contributed by atoms with Crippen molar-refractivity contribution >= 4 is 11.9 Å². The van der Waals surface area contributed by atoms with Crippen molar-refractivity contribution in [2.45, 2.75) is 85.2 Å². The summed E-state index contributed by atoms with van der Waals surface area (Å²) in [6.45, 7) is 14.1. The quantitative estimate of drug-likeness (QED) is 0.179. The number of benzene rings is 1. The minimum Gasteiger partial charge on any atom is -0.491 e. The Bertz CT molecular complexity index is 729. The van der Waals surface area contributed by atoms with Gasteiger partial charge in [-0.25, -0.2) is 0 Å². The second-order valence-electron chi connectivity index (χ2n) is 8.88. The number of nitrogens with zero attached hydrogens (tertiary/aromatic N) is 1. The lowest BCUT2D eigenvalue weighted by molar-refractivity contribution is -0.134. The van der Waals surface area contributed by atoms with E-state index < -0.39 is 6.04 Å². The number of hydrogen-bond acceptors (Lipinski definition) is 7. The van der Waals surface area contributed by atoms with Gasteiger partial charge in [0.05, 0.1) is 6.04 Å². The zero-order chi connectivity index (χ0) is 25.5. The van der Waals surface area contributed by atoms with E-state index in [-0.39, 0.29) is 18.3 Å². The molecule has 0 aliphatic rings. The van der Waals surface area contributed by atoms with Crippen LogP contribution >= 0.6 is 0 Å². The number of nitrogens with one attached hydrogen (secondary N) is 1. The molecule has 2 unspecified atom stereocenters. The maximum Gasteiger partial charge on any atom is 0.311 e. The minimum atomic E-state index is -0.504. The Morgan fingerprint density at radius 2 is 1.71 bits per heavy atom. The first-order chi connectivity index (χ1) is 16.2. The molecule has 34 heavy (non-hydrogen) atoms. The Morgan fingerprint density at radius 3 is 2.29 bits per heavy atom. The topological polar surface area (TPSA) is 120 Å². The number of ether oxygens (including phenoxy) is 2. The molecule has 1 rings (SSSR count). The largest absolute Gasteiger partial charge is 0.491 e. The zero-order valence-corrected chi connectivity index (χ0v) is 21.8. The molecule has 0 heterocycles. The summed E-state index contributed by atoms with van der Waals surface area (Å²) in [7, 11) is 0. The van der Waals surface area contributed by atoms with Crippen LogP contribution in [0.15, 0.2) is 12.1 Å². The van der Waals surface area contributed by atoms with E-state index in [9.17, 15) is 9.59 Å². The molecule has 0 fully saturated rings. The lowest BCUT2D eigenvalue weighted by atomic mass is 10.1. The standard InChI is InChI=1S/C26H46N4O4/c1-6-30(7-2)21(5)18-33-25-19(3)16-22(17-20(25)4)34-24(31)13-9-11-15-29-26(32)23(28)12-8-10-14-27/h16-17,21,23H,6-15,18,27-28H2,1-5H3,(H,29,32). The first kappa shape index (κ1) is 29.9. The monoisotopic (exact) mass is 478 g/mol. The van der Waals surface area contributed by atoms with Gasteiger partial charge in [0.1, 0.15) is 18.1 Å². The summed E-state index contributed by atoms with van der Waals surface area (Å²) in [4.78, 5) is 26.5. The molecule has 1 amide bonds. The predicted octanol–water partition coefficient (Wildman–Crippen LogP) is 3.06.